The predicted molar refractivity (Wildman–Crippen MR) is 116 cm³/mol. The molecule has 1 aromatic carbocycles. The van der Waals surface area contributed by atoms with Crippen LogP contribution in [0.1, 0.15) is 57.6 Å². The van der Waals surface area contributed by atoms with Crippen LogP contribution in [0.3, 0.4) is 0 Å². The lowest BCUT2D eigenvalue weighted by Crippen LogP contribution is -2.44. The highest BCUT2D eigenvalue weighted by atomic mass is 16.2. The normalized spacial score (nSPS) is 19.5. The molecule has 1 aromatic rings. The largest absolute Gasteiger partial charge is 0.352 e. The topological polar surface area (TPSA) is 52.7 Å². The first-order valence-electron chi connectivity index (χ1n) is 11.3. The van der Waals surface area contributed by atoms with Crippen LogP contribution >= 0.6 is 0 Å². The SMILES string of the molecule is CC1CCN(Cc2ccc(CNC(=O)C3CCN(C(=O)C(C)C)CC3)cc2)CC1. The Morgan fingerprint density at radius 2 is 1.55 bits per heavy atom. The van der Waals surface area contributed by atoms with Gasteiger partial charge < -0.3 is 10.2 Å². The van der Waals surface area contributed by atoms with Crippen LogP contribution in [0.25, 0.3) is 0 Å². The van der Waals surface area contributed by atoms with E-state index < -0.39 is 0 Å². The van der Waals surface area contributed by atoms with E-state index in [2.05, 4.69) is 41.4 Å². The number of hydrogen-bond donors (Lipinski definition) is 1. The van der Waals surface area contributed by atoms with Crippen molar-refractivity contribution < 1.29 is 9.59 Å². The Morgan fingerprint density at radius 1 is 0.966 bits per heavy atom. The summed E-state index contributed by atoms with van der Waals surface area (Å²) in [6.07, 6.45) is 4.12. The average molecular weight is 400 g/mol. The summed E-state index contributed by atoms with van der Waals surface area (Å²) in [6, 6.07) is 8.64. The van der Waals surface area contributed by atoms with E-state index in [1.54, 1.807) is 0 Å². The number of nitrogens with one attached hydrogen (secondary N) is 1. The third kappa shape index (κ3) is 6.30. The van der Waals surface area contributed by atoms with E-state index in [0.717, 1.165) is 30.9 Å². The first-order chi connectivity index (χ1) is 13.9. The Morgan fingerprint density at radius 3 is 2.14 bits per heavy atom. The Kier molecular flexibility index (Phi) is 7.70. The highest BCUT2D eigenvalue weighted by Gasteiger charge is 2.28. The lowest BCUT2D eigenvalue weighted by molar-refractivity contribution is -0.138. The van der Waals surface area contributed by atoms with Crippen molar-refractivity contribution in [3.05, 3.63) is 35.4 Å². The fraction of sp³-hybridized carbons (Fsp3) is 0.667. The summed E-state index contributed by atoms with van der Waals surface area (Å²) in [4.78, 5) is 29.0. The van der Waals surface area contributed by atoms with Crippen LogP contribution in [0.15, 0.2) is 24.3 Å². The number of amides is 2. The van der Waals surface area contributed by atoms with Gasteiger partial charge in [-0.1, -0.05) is 45.0 Å². The van der Waals surface area contributed by atoms with Gasteiger partial charge in [-0.2, -0.15) is 0 Å². The van der Waals surface area contributed by atoms with Gasteiger partial charge in [-0.3, -0.25) is 14.5 Å². The van der Waals surface area contributed by atoms with E-state index in [1.165, 1.54) is 31.5 Å². The number of rotatable bonds is 6. The molecule has 2 heterocycles. The van der Waals surface area contributed by atoms with Crippen LogP contribution in [-0.2, 0) is 22.7 Å². The second-order valence-electron chi connectivity index (χ2n) is 9.25. The summed E-state index contributed by atoms with van der Waals surface area (Å²) in [6.45, 7) is 11.6. The summed E-state index contributed by atoms with van der Waals surface area (Å²) in [7, 11) is 0. The van der Waals surface area contributed by atoms with Gasteiger partial charge in [0.05, 0.1) is 0 Å². The van der Waals surface area contributed by atoms with Crippen LogP contribution in [0, 0.1) is 17.8 Å². The Bertz CT molecular complexity index is 670. The van der Waals surface area contributed by atoms with Gasteiger partial charge in [-0.05, 0) is 55.8 Å². The van der Waals surface area contributed by atoms with Crippen molar-refractivity contribution in [3.63, 3.8) is 0 Å². The molecule has 0 aliphatic carbocycles. The van der Waals surface area contributed by atoms with Gasteiger partial charge in [0.1, 0.15) is 0 Å². The van der Waals surface area contributed by atoms with Crippen LogP contribution in [0.4, 0.5) is 0 Å². The van der Waals surface area contributed by atoms with Crippen molar-refractivity contribution in [2.45, 2.75) is 59.5 Å². The second-order valence-corrected chi connectivity index (χ2v) is 9.25. The zero-order valence-electron chi connectivity index (χ0n) is 18.3. The second kappa shape index (κ2) is 10.2. The molecule has 160 valence electrons. The van der Waals surface area contributed by atoms with Gasteiger partial charge in [-0.15, -0.1) is 0 Å². The van der Waals surface area contributed by atoms with Gasteiger partial charge in [0, 0.05) is 38.0 Å². The quantitative estimate of drug-likeness (QED) is 0.797. The number of carbonyl (C=O) groups is 2. The Balaban J connectivity index is 1.40. The molecule has 0 atom stereocenters. The number of benzene rings is 1. The number of hydrogen-bond acceptors (Lipinski definition) is 3. The molecule has 5 nitrogen and oxygen atoms in total. The van der Waals surface area contributed by atoms with E-state index in [4.69, 9.17) is 0 Å². The molecule has 0 saturated carbocycles. The third-order valence-electron chi connectivity index (χ3n) is 6.44. The molecule has 29 heavy (non-hydrogen) atoms. The maximum Gasteiger partial charge on any atom is 0.225 e. The van der Waals surface area contributed by atoms with Crippen LogP contribution < -0.4 is 5.32 Å². The van der Waals surface area contributed by atoms with Crippen molar-refractivity contribution in [2.24, 2.45) is 17.8 Å². The summed E-state index contributed by atoms with van der Waals surface area (Å²) >= 11 is 0. The number of likely N-dealkylation sites (tertiary alicyclic amines) is 2. The number of piperidine rings is 2. The zero-order valence-corrected chi connectivity index (χ0v) is 18.3. The molecule has 3 rings (SSSR count). The first-order valence-corrected chi connectivity index (χ1v) is 11.3. The molecule has 0 radical (unpaired) electrons. The molecule has 2 aliphatic heterocycles. The summed E-state index contributed by atoms with van der Waals surface area (Å²) in [5, 5.41) is 3.09. The summed E-state index contributed by atoms with van der Waals surface area (Å²) in [5.74, 6) is 1.23. The molecule has 2 fully saturated rings. The monoisotopic (exact) mass is 399 g/mol. The predicted octanol–water partition coefficient (Wildman–Crippen LogP) is 3.43. The van der Waals surface area contributed by atoms with Gasteiger partial charge in [0.15, 0.2) is 0 Å². The fourth-order valence-electron chi connectivity index (χ4n) is 4.30. The van der Waals surface area contributed by atoms with E-state index in [0.29, 0.717) is 19.6 Å². The molecular weight excluding hydrogens is 362 g/mol. The Hall–Kier alpha value is -1.88. The average Bonchev–Trinajstić information content (AvgIpc) is 2.74. The standard InChI is InChI=1S/C24H37N3O2/c1-18(2)24(29)27-14-10-22(11-15-27)23(28)25-16-20-4-6-21(7-5-20)17-26-12-8-19(3)9-13-26/h4-7,18-19,22H,8-17H2,1-3H3,(H,25,28). The van der Waals surface area contributed by atoms with Gasteiger partial charge in [0.25, 0.3) is 0 Å². The molecule has 0 unspecified atom stereocenters. The molecule has 5 heteroatoms. The molecule has 1 N–H and O–H groups in total. The van der Waals surface area contributed by atoms with Crippen LogP contribution in [0.5, 0.6) is 0 Å². The van der Waals surface area contributed by atoms with Crippen molar-refractivity contribution >= 4 is 11.8 Å². The van der Waals surface area contributed by atoms with E-state index in [-0.39, 0.29) is 23.7 Å². The highest BCUT2D eigenvalue weighted by molar-refractivity contribution is 5.80. The minimum atomic E-state index is 0.0204. The van der Waals surface area contributed by atoms with Crippen molar-refractivity contribution in [1.29, 1.82) is 0 Å². The van der Waals surface area contributed by atoms with Crippen molar-refractivity contribution in [1.82, 2.24) is 15.1 Å². The molecule has 0 spiro atoms. The van der Waals surface area contributed by atoms with Gasteiger partial charge in [0.2, 0.25) is 11.8 Å². The lowest BCUT2D eigenvalue weighted by atomic mass is 9.95. The smallest absolute Gasteiger partial charge is 0.225 e. The maximum absolute atomic E-state index is 12.5. The highest BCUT2D eigenvalue weighted by Crippen LogP contribution is 2.20. The minimum absolute atomic E-state index is 0.0204. The maximum atomic E-state index is 12.5. The van der Waals surface area contributed by atoms with Crippen molar-refractivity contribution in [2.75, 3.05) is 26.2 Å². The van der Waals surface area contributed by atoms with E-state index in [1.807, 2.05) is 18.7 Å². The van der Waals surface area contributed by atoms with E-state index >= 15 is 0 Å². The third-order valence-corrected chi connectivity index (χ3v) is 6.44. The lowest BCUT2D eigenvalue weighted by Gasteiger charge is -2.32. The fourth-order valence-corrected chi connectivity index (χ4v) is 4.30. The van der Waals surface area contributed by atoms with Gasteiger partial charge >= 0.3 is 0 Å². The molecule has 0 aromatic heterocycles. The summed E-state index contributed by atoms with van der Waals surface area (Å²) < 4.78 is 0. The molecular formula is C24H37N3O2. The first kappa shape index (κ1) is 21.8. The number of carbonyl (C=O) groups excluding carboxylic acids is 2. The van der Waals surface area contributed by atoms with Crippen LogP contribution in [-0.4, -0.2) is 47.8 Å². The zero-order chi connectivity index (χ0) is 20.8. The van der Waals surface area contributed by atoms with E-state index in [9.17, 15) is 9.59 Å². The van der Waals surface area contributed by atoms with Crippen LogP contribution in [0.2, 0.25) is 0 Å². The van der Waals surface area contributed by atoms with Crippen molar-refractivity contribution in [3.8, 4) is 0 Å². The molecule has 2 saturated heterocycles. The van der Waals surface area contributed by atoms with Gasteiger partial charge in [-0.25, -0.2) is 0 Å². The Labute approximate surface area is 175 Å². The summed E-state index contributed by atoms with van der Waals surface area (Å²) in [5.41, 5.74) is 2.48. The minimum Gasteiger partial charge on any atom is -0.352 e. The molecule has 2 aliphatic rings. The molecule has 0 bridgehead atoms. The molecule has 2 amide bonds. The number of nitrogens with zero attached hydrogens (tertiary/aromatic N) is 2.